The van der Waals surface area contributed by atoms with Crippen LogP contribution < -0.4 is 11.1 Å². The largest absolute Gasteiger partial charge is 0.399 e. The fourth-order valence-electron chi connectivity index (χ4n) is 1.95. The second-order valence-electron chi connectivity index (χ2n) is 6.33. The van der Waals surface area contributed by atoms with Gasteiger partial charge in [0.05, 0.1) is 5.41 Å². The minimum absolute atomic E-state index is 0.0242. The van der Waals surface area contributed by atoms with Crippen molar-refractivity contribution in [1.82, 2.24) is 5.32 Å². The van der Waals surface area contributed by atoms with Crippen molar-refractivity contribution in [3.63, 3.8) is 0 Å². The third kappa shape index (κ3) is 5.76. The van der Waals surface area contributed by atoms with Crippen molar-refractivity contribution < 1.29 is 9.53 Å². The summed E-state index contributed by atoms with van der Waals surface area (Å²) in [5.41, 5.74) is 6.79. The maximum Gasteiger partial charge on any atom is 0.230 e. The van der Waals surface area contributed by atoms with E-state index in [0.717, 1.165) is 18.6 Å². The molecule has 0 bridgehead atoms. The molecular weight excluding hydrogens is 264 g/mol. The molecule has 0 aliphatic heterocycles. The maximum atomic E-state index is 12.3. The lowest BCUT2D eigenvalue weighted by molar-refractivity contribution is -0.125. The van der Waals surface area contributed by atoms with Crippen LogP contribution in [-0.2, 0) is 14.9 Å². The Morgan fingerprint density at radius 2 is 1.90 bits per heavy atom. The van der Waals surface area contributed by atoms with Gasteiger partial charge in [0.25, 0.3) is 0 Å². The minimum atomic E-state index is -0.563. The summed E-state index contributed by atoms with van der Waals surface area (Å²) in [6, 6.07) is 7.45. The summed E-state index contributed by atoms with van der Waals surface area (Å²) in [7, 11) is 0. The van der Waals surface area contributed by atoms with Gasteiger partial charge in [-0.3, -0.25) is 4.79 Å². The maximum absolute atomic E-state index is 12.3. The average Bonchev–Trinajstić information content (AvgIpc) is 2.42. The van der Waals surface area contributed by atoms with Gasteiger partial charge in [-0.05, 0) is 43.9 Å². The van der Waals surface area contributed by atoms with Crippen LogP contribution in [-0.4, -0.2) is 25.7 Å². The highest BCUT2D eigenvalue weighted by molar-refractivity contribution is 5.87. The highest BCUT2D eigenvalue weighted by atomic mass is 16.5. The predicted octanol–water partition coefficient (Wildman–Crippen LogP) is 2.73. The van der Waals surface area contributed by atoms with Crippen LogP contribution in [0.5, 0.6) is 0 Å². The molecule has 4 nitrogen and oxygen atoms in total. The molecule has 1 rings (SSSR count). The average molecular weight is 292 g/mol. The quantitative estimate of drug-likeness (QED) is 0.572. The number of hydrogen-bond donors (Lipinski definition) is 2. The van der Waals surface area contributed by atoms with Crippen molar-refractivity contribution in [3.8, 4) is 0 Å². The molecule has 0 fully saturated rings. The van der Waals surface area contributed by atoms with Crippen molar-refractivity contribution in [2.75, 3.05) is 25.5 Å². The first-order valence-electron chi connectivity index (χ1n) is 7.56. The first kappa shape index (κ1) is 17.5. The number of amides is 1. The summed E-state index contributed by atoms with van der Waals surface area (Å²) in [6.07, 6.45) is 0.830. The third-order valence-electron chi connectivity index (χ3n) is 3.40. The number of carbonyl (C=O) groups excluding carboxylic acids is 1. The van der Waals surface area contributed by atoms with Crippen molar-refractivity contribution in [2.24, 2.45) is 5.92 Å². The number of anilines is 1. The molecule has 21 heavy (non-hydrogen) atoms. The summed E-state index contributed by atoms with van der Waals surface area (Å²) in [5.74, 6) is 0.570. The van der Waals surface area contributed by atoms with E-state index in [1.165, 1.54) is 0 Å². The van der Waals surface area contributed by atoms with Gasteiger partial charge in [-0.2, -0.15) is 0 Å². The molecule has 1 aromatic carbocycles. The molecule has 0 aromatic heterocycles. The first-order valence-corrected chi connectivity index (χ1v) is 7.56. The van der Waals surface area contributed by atoms with Crippen LogP contribution in [0.2, 0.25) is 0 Å². The van der Waals surface area contributed by atoms with Gasteiger partial charge >= 0.3 is 0 Å². The standard InChI is InChI=1S/C17H28N2O2/c1-13(2)12-21-11-5-10-19-16(20)17(3,4)14-6-8-15(18)9-7-14/h6-9,13H,5,10-12,18H2,1-4H3,(H,19,20). The minimum Gasteiger partial charge on any atom is -0.399 e. The third-order valence-corrected chi connectivity index (χ3v) is 3.40. The summed E-state index contributed by atoms with van der Waals surface area (Å²) in [4.78, 5) is 12.3. The molecule has 0 atom stereocenters. The topological polar surface area (TPSA) is 64.3 Å². The molecule has 0 aliphatic rings. The van der Waals surface area contributed by atoms with Crippen LogP contribution in [0, 0.1) is 5.92 Å². The zero-order valence-electron chi connectivity index (χ0n) is 13.6. The normalized spacial score (nSPS) is 11.7. The van der Waals surface area contributed by atoms with E-state index in [-0.39, 0.29) is 5.91 Å². The van der Waals surface area contributed by atoms with E-state index < -0.39 is 5.41 Å². The van der Waals surface area contributed by atoms with E-state index in [1.54, 1.807) is 0 Å². The fraction of sp³-hybridized carbons (Fsp3) is 0.588. The van der Waals surface area contributed by atoms with Gasteiger partial charge in [-0.25, -0.2) is 0 Å². The number of rotatable bonds is 8. The predicted molar refractivity (Wildman–Crippen MR) is 87.2 cm³/mol. The molecule has 0 radical (unpaired) electrons. The Kier molecular flexibility index (Phi) is 6.69. The summed E-state index contributed by atoms with van der Waals surface area (Å²) < 4.78 is 5.50. The van der Waals surface area contributed by atoms with E-state index in [1.807, 2.05) is 38.1 Å². The Balaban J connectivity index is 2.38. The number of nitrogens with two attached hydrogens (primary N) is 1. The van der Waals surface area contributed by atoms with E-state index in [4.69, 9.17) is 10.5 Å². The molecule has 0 heterocycles. The Morgan fingerprint density at radius 1 is 1.29 bits per heavy atom. The SMILES string of the molecule is CC(C)COCCCNC(=O)C(C)(C)c1ccc(N)cc1. The van der Waals surface area contributed by atoms with Crippen LogP contribution in [0.3, 0.4) is 0 Å². The molecular formula is C17H28N2O2. The van der Waals surface area contributed by atoms with Gasteiger partial charge in [-0.1, -0.05) is 26.0 Å². The summed E-state index contributed by atoms with van der Waals surface area (Å²) in [6.45, 7) is 10.2. The lowest BCUT2D eigenvalue weighted by Crippen LogP contribution is -2.40. The number of hydrogen-bond acceptors (Lipinski definition) is 3. The van der Waals surface area contributed by atoms with Crippen LogP contribution in [0.1, 0.15) is 39.7 Å². The molecule has 1 amide bonds. The van der Waals surface area contributed by atoms with Crippen LogP contribution in [0.15, 0.2) is 24.3 Å². The van der Waals surface area contributed by atoms with Crippen molar-refractivity contribution in [1.29, 1.82) is 0 Å². The van der Waals surface area contributed by atoms with Crippen molar-refractivity contribution in [3.05, 3.63) is 29.8 Å². The van der Waals surface area contributed by atoms with Gasteiger partial charge in [0.1, 0.15) is 0 Å². The monoisotopic (exact) mass is 292 g/mol. The van der Waals surface area contributed by atoms with Crippen LogP contribution in [0.4, 0.5) is 5.69 Å². The van der Waals surface area contributed by atoms with E-state index in [9.17, 15) is 4.79 Å². The molecule has 0 saturated carbocycles. The highest BCUT2D eigenvalue weighted by Crippen LogP contribution is 2.24. The molecule has 118 valence electrons. The second kappa shape index (κ2) is 8.03. The Hall–Kier alpha value is -1.55. The number of ether oxygens (including phenoxy) is 1. The molecule has 0 aliphatic carbocycles. The highest BCUT2D eigenvalue weighted by Gasteiger charge is 2.29. The van der Waals surface area contributed by atoms with Gasteiger partial charge in [0.15, 0.2) is 0 Å². The van der Waals surface area contributed by atoms with Crippen LogP contribution in [0.25, 0.3) is 0 Å². The molecule has 0 spiro atoms. The lowest BCUT2D eigenvalue weighted by Gasteiger charge is -2.24. The molecule has 0 saturated heterocycles. The number of benzene rings is 1. The summed E-state index contributed by atoms with van der Waals surface area (Å²) in [5, 5.41) is 2.97. The molecule has 4 heteroatoms. The molecule has 1 aromatic rings. The number of nitrogen functional groups attached to an aromatic ring is 1. The van der Waals surface area contributed by atoms with Gasteiger partial charge < -0.3 is 15.8 Å². The van der Waals surface area contributed by atoms with E-state index >= 15 is 0 Å². The van der Waals surface area contributed by atoms with Crippen molar-refractivity contribution >= 4 is 11.6 Å². The lowest BCUT2D eigenvalue weighted by atomic mass is 9.83. The van der Waals surface area contributed by atoms with Gasteiger partial charge in [0.2, 0.25) is 5.91 Å². The molecule has 0 unspecified atom stereocenters. The Bertz CT molecular complexity index is 439. The van der Waals surface area contributed by atoms with E-state index in [0.29, 0.717) is 24.8 Å². The van der Waals surface area contributed by atoms with Crippen LogP contribution >= 0.6 is 0 Å². The smallest absolute Gasteiger partial charge is 0.230 e. The fourth-order valence-corrected chi connectivity index (χ4v) is 1.95. The first-order chi connectivity index (χ1) is 9.84. The zero-order valence-corrected chi connectivity index (χ0v) is 13.6. The Morgan fingerprint density at radius 3 is 2.48 bits per heavy atom. The Labute approximate surface area is 128 Å². The second-order valence-corrected chi connectivity index (χ2v) is 6.33. The molecule has 3 N–H and O–H groups in total. The summed E-state index contributed by atoms with van der Waals surface area (Å²) >= 11 is 0. The van der Waals surface area contributed by atoms with E-state index in [2.05, 4.69) is 19.2 Å². The van der Waals surface area contributed by atoms with Crippen molar-refractivity contribution in [2.45, 2.75) is 39.5 Å². The number of nitrogens with one attached hydrogen (secondary N) is 1. The zero-order chi connectivity index (χ0) is 15.9. The van der Waals surface area contributed by atoms with Gasteiger partial charge in [0, 0.05) is 25.4 Å². The van der Waals surface area contributed by atoms with Gasteiger partial charge in [-0.15, -0.1) is 0 Å². The number of carbonyl (C=O) groups is 1.